The zero-order valence-electron chi connectivity index (χ0n) is 14.0. The number of rotatable bonds is 1. The smallest absolute Gasteiger partial charge is 0.271 e. The Bertz CT molecular complexity index is 1390. The van der Waals surface area contributed by atoms with Crippen molar-refractivity contribution in [3.8, 4) is 11.8 Å². The largest absolute Gasteiger partial charge is 0.328 e. The summed E-state index contributed by atoms with van der Waals surface area (Å²) >= 11 is 1.14. The Morgan fingerprint density at radius 2 is 2.07 bits per heavy atom. The van der Waals surface area contributed by atoms with Crippen molar-refractivity contribution in [1.82, 2.24) is 13.9 Å². The van der Waals surface area contributed by atoms with E-state index in [4.69, 9.17) is 0 Å². The summed E-state index contributed by atoms with van der Waals surface area (Å²) in [7, 11) is 0. The Kier molecular flexibility index (Phi) is 3.49. The quantitative estimate of drug-likeness (QED) is 0.518. The van der Waals surface area contributed by atoms with Crippen molar-refractivity contribution in [2.75, 3.05) is 0 Å². The minimum atomic E-state index is -0.587. The highest BCUT2D eigenvalue weighted by Gasteiger charge is 2.29. The Morgan fingerprint density at radius 1 is 1.22 bits per heavy atom. The highest BCUT2D eigenvalue weighted by atomic mass is 32.1. The zero-order valence-corrected chi connectivity index (χ0v) is 14.8. The van der Waals surface area contributed by atoms with Crippen LogP contribution in [-0.4, -0.2) is 13.9 Å². The van der Waals surface area contributed by atoms with Crippen molar-refractivity contribution in [2.24, 2.45) is 0 Å². The Balaban J connectivity index is 1.82. The Labute approximate surface area is 156 Å². The van der Waals surface area contributed by atoms with Crippen LogP contribution in [0.1, 0.15) is 30.1 Å². The van der Waals surface area contributed by atoms with Crippen LogP contribution in [0.2, 0.25) is 0 Å². The summed E-state index contributed by atoms with van der Waals surface area (Å²) in [4.78, 5) is 29.6. The molecule has 5 rings (SSSR count). The lowest BCUT2D eigenvalue weighted by Crippen LogP contribution is -2.15. The van der Waals surface area contributed by atoms with E-state index in [0.29, 0.717) is 16.0 Å². The third-order valence-corrected chi connectivity index (χ3v) is 5.50. The SMILES string of the molecule is O=c1[nH]sc2c1c(=O)c1cc(F)c(C#Cc3ccccn3)cc1n2C1CC1. The third kappa shape index (κ3) is 2.57. The molecular formula is C20H12FN3O2S. The minimum Gasteiger partial charge on any atom is -0.328 e. The first-order valence-electron chi connectivity index (χ1n) is 8.45. The molecule has 3 aromatic heterocycles. The van der Waals surface area contributed by atoms with Crippen LogP contribution in [-0.2, 0) is 0 Å². The van der Waals surface area contributed by atoms with Crippen LogP contribution in [0.15, 0.2) is 46.1 Å². The van der Waals surface area contributed by atoms with E-state index in [1.807, 2.05) is 10.6 Å². The summed E-state index contributed by atoms with van der Waals surface area (Å²) in [6.07, 6.45) is 3.55. The highest BCUT2D eigenvalue weighted by Crippen LogP contribution is 2.40. The van der Waals surface area contributed by atoms with Gasteiger partial charge in [-0.15, -0.1) is 0 Å². The lowest BCUT2D eigenvalue weighted by atomic mass is 10.1. The molecule has 0 aliphatic heterocycles. The first-order chi connectivity index (χ1) is 13.1. The number of hydrogen-bond acceptors (Lipinski definition) is 4. The molecule has 7 heteroatoms. The van der Waals surface area contributed by atoms with Crippen molar-refractivity contribution in [3.05, 3.63) is 74.2 Å². The van der Waals surface area contributed by atoms with E-state index < -0.39 is 16.8 Å². The molecule has 0 saturated heterocycles. The van der Waals surface area contributed by atoms with E-state index in [-0.39, 0.29) is 22.4 Å². The minimum absolute atomic E-state index is 0.103. The van der Waals surface area contributed by atoms with E-state index in [2.05, 4.69) is 21.2 Å². The van der Waals surface area contributed by atoms with Gasteiger partial charge in [0.2, 0.25) is 5.43 Å². The first kappa shape index (κ1) is 16.0. The predicted octanol–water partition coefficient (Wildman–Crippen LogP) is 3.17. The van der Waals surface area contributed by atoms with E-state index >= 15 is 0 Å². The van der Waals surface area contributed by atoms with Gasteiger partial charge in [0.15, 0.2) is 0 Å². The average Bonchev–Trinajstić information content (AvgIpc) is 3.44. The Hall–Kier alpha value is -3.24. The van der Waals surface area contributed by atoms with Crippen LogP contribution >= 0.6 is 11.5 Å². The van der Waals surface area contributed by atoms with Crippen molar-refractivity contribution in [2.45, 2.75) is 18.9 Å². The van der Waals surface area contributed by atoms with Gasteiger partial charge in [-0.05, 0) is 54.6 Å². The second-order valence-corrected chi connectivity index (χ2v) is 7.25. The van der Waals surface area contributed by atoms with Gasteiger partial charge in [0.05, 0.1) is 11.1 Å². The Morgan fingerprint density at radius 3 is 2.81 bits per heavy atom. The maximum absolute atomic E-state index is 14.6. The molecule has 0 bridgehead atoms. The number of nitrogens with one attached hydrogen (secondary N) is 1. The molecule has 1 N–H and O–H groups in total. The van der Waals surface area contributed by atoms with Gasteiger partial charge < -0.3 is 4.57 Å². The number of nitrogens with zero attached hydrogens (tertiary/aromatic N) is 2. The monoisotopic (exact) mass is 377 g/mol. The summed E-state index contributed by atoms with van der Waals surface area (Å²) in [5, 5.41) is 0.310. The van der Waals surface area contributed by atoms with Gasteiger partial charge in [0, 0.05) is 17.6 Å². The number of hydrogen-bond donors (Lipinski definition) is 1. The lowest BCUT2D eigenvalue weighted by molar-refractivity contribution is 0.625. The zero-order chi connectivity index (χ0) is 18.5. The summed E-state index contributed by atoms with van der Waals surface area (Å²) in [5.41, 5.74) is 0.482. The van der Waals surface area contributed by atoms with Crippen molar-refractivity contribution in [3.63, 3.8) is 0 Å². The summed E-state index contributed by atoms with van der Waals surface area (Å²) in [6, 6.07) is 8.34. The molecule has 27 heavy (non-hydrogen) atoms. The molecule has 1 aliphatic rings. The van der Waals surface area contributed by atoms with Gasteiger partial charge in [0.25, 0.3) is 5.56 Å². The molecule has 0 unspecified atom stereocenters. The van der Waals surface area contributed by atoms with Gasteiger partial charge in [-0.2, -0.15) is 0 Å². The maximum atomic E-state index is 14.6. The van der Waals surface area contributed by atoms with Crippen molar-refractivity contribution >= 4 is 32.7 Å². The van der Waals surface area contributed by atoms with E-state index in [0.717, 1.165) is 24.4 Å². The van der Waals surface area contributed by atoms with E-state index in [9.17, 15) is 14.0 Å². The number of halogens is 1. The summed E-state index contributed by atoms with van der Waals surface area (Å²) in [6.45, 7) is 0. The summed E-state index contributed by atoms with van der Waals surface area (Å²) in [5.74, 6) is 5.07. The molecule has 0 atom stereocenters. The topological polar surface area (TPSA) is 67.8 Å². The second-order valence-electron chi connectivity index (χ2n) is 6.46. The third-order valence-electron chi connectivity index (χ3n) is 4.62. The first-order valence-corrected chi connectivity index (χ1v) is 9.27. The maximum Gasteiger partial charge on any atom is 0.271 e. The molecule has 1 aliphatic carbocycles. The van der Waals surface area contributed by atoms with Gasteiger partial charge in [-0.1, -0.05) is 12.0 Å². The second kappa shape index (κ2) is 5.89. The molecule has 5 nitrogen and oxygen atoms in total. The fourth-order valence-electron chi connectivity index (χ4n) is 3.21. The fraction of sp³-hybridized carbons (Fsp3) is 0.150. The van der Waals surface area contributed by atoms with Gasteiger partial charge in [-0.25, -0.2) is 9.37 Å². The van der Waals surface area contributed by atoms with Crippen LogP contribution in [0.25, 0.3) is 21.1 Å². The molecule has 0 amide bonds. The highest BCUT2D eigenvalue weighted by molar-refractivity contribution is 7.12. The van der Waals surface area contributed by atoms with Crippen LogP contribution in [0.3, 0.4) is 0 Å². The fourth-order valence-corrected chi connectivity index (χ4v) is 4.13. The van der Waals surface area contributed by atoms with Crippen molar-refractivity contribution in [1.29, 1.82) is 0 Å². The molecule has 0 spiro atoms. The molecule has 132 valence electrons. The van der Waals surface area contributed by atoms with Gasteiger partial charge >= 0.3 is 0 Å². The number of pyridine rings is 2. The predicted molar refractivity (Wildman–Crippen MR) is 103 cm³/mol. The van der Waals surface area contributed by atoms with Crippen molar-refractivity contribution < 1.29 is 4.39 Å². The molecule has 4 aromatic rings. The normalized spacial score (nSPS) is 13.7. The van der Waals surface area contributed by atoms with Crippen LogP contribution < -0.4 is 11.0 Å². The number of benzene rings is 1. The number of H-pyrrole nitrogens is 1. The standard InChI is InChI=1S/C20H12FN3O2S/c21-15-10-14-16(9-11(15)4-5-12-3-1-2-8-22-12)24(13-6-7-13)20-17(18(14)25)19(26)23-27-20/h1-3,8-10,13H,6-7H2,(H,23,26). The number of aromatic amines is 1. The summed E-state index contributed by atoms with van der Waals surface area (Å²) < 4.78 is 19.2. The van der Waals surface area contributed by atoms with Crippen LogP contribution in [0.4, 0.5) is 4.39 Å². The lowest BCUT2D eigenvalue weighted by Gasteiger charge is -2.12. The molecule has 1 saturated carbocycles. The molecule has 0 radical (unpaired) electrons. The average molecular weight is 377 g/mol. The molecule has 1 fully saturated rings. The van der Waals surface area contributed by atoms with E-state index in [1.165, 1.54) is 6.07 Å². The van der Waals surface area contributed by atoms with Gasteiger partial charge in [-0.3, -0.25) is 14.0 Å². The van der Waals surface area contributed by atoms with Crippen LogP contribution in [0.5, 0.6) is 0 Å². The molecule has 1 aromatic carbocycles. The van der Waals surface area contributed by atoms with Gasteiger partial charge in [0.1, 0.15) is 21.7 Å². The number of aromatic nitrogens is 3. The van der Waals surface area contributed by atoms with Crippen LogP contribution in [0, 0.1) is 17.7 Å². The molecule has 3 heterocycles. The molecular weight excluding hydrogens is 365 g/mol. The number of fused-ring (bicyclic) bond motifs is 2. The van der Waals surface area contributed by atoms with E-state index in [1.54, 1.807) is 24.4 Å².